The topological polar surface area (TPSA) is 60.8 Å². The van der Waals surface area contributed by atoms with Gasteiger partial charge in [0.25, 0.3) is 0 Å². The highest BCUT2D eigenvalue weighted by Gasteiger charge is 2.26. The first-order chi connectivity index (χ1) is 8.69. The Morgan fingerprint density at radius 1 is 1.28 bits per heavy atom. The second-order valence-corrected chi connectivity index (χ2v) is 4.84. The summed E-state index contributed by atoms with van der Waals surface area (Å²) in [7, 11) is 0. The number of benzene rings is 1. The van der Waals surface area contributed by atoms with Gasteiger partial charge in [-0.1, -0.05) is 24.3 Å². The zero-order chi connectivity index (χ0) is 13.0. The predicted molar refractivity (Wildman–Crippen MR) is 68.0 cm³/mol. The fourth-order valence-corrected chi connectivity index (χ4v) is 2.52. The predicted octanol–water partition coefficient (Wildman–Crippen LogP) is 1.62. The highest BCUT2D eigenvalue weighted by molar-refractivity contribution is 5.67. The van der Waals surface area contributed by atoms with Gasteiger partial charge in [0, 0.05) is 12.6 Å². The molecule has 0 amide bonds. The molecular weight excluding hydrogens is 230 g/mol. The van der Waals surface area contributed by atoms with Gasteiger partial charge in [-0.25, -0.2) is 0 Å². The summed E-state index contributed by atoms with van der Waals surface area (Å²) < 4.78 is 0. The van der Waals surface area contributed by atoms with Gasteiger partial charge in [-0.15, -0.1) is 0 Å². The number of aliphatic carboxylic acids is 1. The molecule has 1 aliphatic rings. The maximum Gasteiger partial charge on any atom is 0.304 e. The Morgan fingerprint density at radius 3 is 2.56 bits per heavy atom. The van der Waals surface area contributed by atoms with E-state index >= 15 is 0 Å². The van der Waals surface area contributed by atoms with Crippen molar-refractivity contribution in [2.24, 2.45) is 0 Å². The molecule has 2 N–H and O–H groups in total. The standard InChI is InChI=1S/C14H19NO3/c16-10-12-5-3-11(4-6-12)9-15-7-1-2-13(15)8-14(17)18/h3-6,13,16H,1-2,7-10H2,(H,17,18). The molecule has 1 unspecified atom stereocenters. The third kappa shape index (κ3) is 3.31. The van der Waals surface area contributed by atoms with Gasteiger partial charge in [0.05, 0.1) is 13.0 Å². The molecule has 1 aliphatic heterocycles. The number of carbonyl (C=O) groups is 1. The first kappa shape index (κ1) is 13.1. The molecule has 1 atom stereocenters. The highest BCUT2D eigenvalue weighted by Crippen LogP contribution is 2.22. The van der Waals surface area contributed by atoms with Crippen molar-refractivity contribution < 1.29 is 15.0 Å². The Labute approximate surface area is 107 Å². The summed E-state index contributed by atoms with van der Waals surface area (Å²) in [5, 5.41) is 17.8. The van der Waals surface area contributed by atoms with E-state index in [9.17, 15) is 4.79 Å². The molecule has 18 heavy (non-hydrogen) atoms. The number of hydrogen-bond acceptors (Lipinski definition) is 3. The monoisotopic (exact) mass is 249 g/mol. The Balaban J connectivity index is 1.96. The van der Waals surface area contributed by atoms with Crippen LogP contribution < -0.4 is 0 Å². The molecule has 1 fully saturated rings. The van der Waals surface area contributed by atoms with E-state index in [1.807, 2.05) is 24.3 Å². The largest absolute Gasteiger partial charge is 0.481 e. The smallest absolute Gasteiger partial charge is 0.304 e. The maximum absolute atomic E-state index is 10.8. The summed E-state index contributed by atoms with van der Waals surface area (Å²) in [6, 6.07) is 8.00. The van der Waals surface area contributed by atoms with Crippen LogP contribution in [0.1, 0.15) is 30.4 Å². The van der Waals surface area contributed by atoms with Crippen molar-refractivity contribution in [1.82, 2.24) is 4.90 Å². The van der Waals surface area contributed by atoms with Crippen molar-refractivity contribution in [2.45, 2.75) is 38.5 Å². The summed E-state index contributed by atoms with van der Waals surface area (Å²) in [5.74, 6) is -0.720. The zero-order valence-electron chi connectivity index (χ0n) is 10.4. The minimum Gasteiger partial charge on any atom is -0.481 e. The van der Waals surface area contributed by atoms with Gasteiger partial charge < -0.3 is 10.2 Å². The molecule has 4 nitrogen and oxygen atoms in total. The minimum absolute atomic E-state index is 0.0611. The van der Waals surface area contributed by atoms with Crippen LogP contribution in [0.25, 0.3) is 0 Å². The van der Waals surface area contributed by atoms with Crippen LogP contribution in [0.15, 0.2) is 24.3 Å². The Hall–Kier alpha value is -1.39. The lowest BCUT2D eigenvalue weighted by molar-refractivity contribution is -0.138. The number of carboxylic acid groups (broad SMARTS) is 1. The van der Waals surface area contributed by atoms with Crippen LogP contribution in [0.4, 0.5) is 0 Å². The summed E-state index contributed by atoms with van der Waals surface area (Å²) in [6.07, 6.45) is 2.28. The molecule has 0 aliphatic carbocycles. The molecule has 0 saturated carbocycles. The number of likely N-dealkylation sites (tertiary alicyclic amines) is 1. The summed E-state index contributed by atoms with van der Waals surface area (Å²) >= 11 is 0. The molecule has 1 aromatic rings. The average Bonchev–Trinajstić information content (AvgIpc) is 2.77. The molecule has 2 rings (SSSR count). The van der Waals surface area contributed by atoms with Gasteiger partial charge >= 0.3 is 5.97 Å². The van der Waals surface area contributed by atoms with E-state index in [4.69, 9.17) is 10.2 Å². The number of nitrogens with zero attached hydrogens (tertiary/aromatic N) is 1. The van der Waals surface area contributed by atoms with E-state index in [-0.39, 0.29) is 19.1 Å². The fourth-order valence-electron chi connectivity index (χ4n) is 2.52. The number of carboxylic acids is 1. The molecule has 0 bridgehead atoms. The van der Waals surface area contributed by atoms with Crippen LogP contribution in [0.2, 0.25) is 0 Å². The number of hydrogen-bond donors (Lipinski definition) is 2. The van der Waals surface area contributed by atoms with Gasteiger partial charge in [0.15, 0.2) is 0 Å². The first-order valence-electron chi connectivity index (χ1n) is 6.33. The van der Waals surface area contributed by atoms with Crippen LogP contribution in [0.3, 0.4) is 0 Å². The number of aliphatic hydroxyl groups is 1. The molecule has 0 spiro atoms. The molecular formula is C14H19NO3. The SMILES string of the molecule is O=C(O)CC1CCCN1Cc1ccc(CO)cc1. The van der Waals surface area contributed by atoms with Crippen LogP contribution in [0.5, 0.6) is 0 Å². The average molecular weight is 249 g/mol. The summed E-state index contributed by atoms with van der Waals surface area (Å²) in [4.78, 5) is 13.0. The quantitative estimate of drug-likeness (QED) is 0.832. The normalized spacial score (nSPS) is 20.2. The van der Waals surface area contributed by atoms with E-state index in [1.165, 1.54) is 5.56 Å². The lowest BCUT2D eigenvalue weighted by Gasteiger charge is -2.23. The van der Waals surface area contributed by atoms with Gasteiger partial charge in [0.1, 0.15) is 0 Å². The second-order valence-electron chi connectivity index (χ2n) is 4.84. The van der Waals surface area contributed by atoms with Crippen molar-refractivity contribution in [3.05, 3.63) is 35.4 Å². The fraction of sp³-hybridized carbons (Fsp3) is 0.500. The number of aliphatic hydroxyl groups excluding tert-OH is 1. The molecule has 1 aromatic carbocycles. The van der Waals surface area contributed by atoms with Crippen LogP contribution in [0, 0.1) is 0 Å². The Kier molecular flexibility index (Phi) is 4.33. The minimum atomic E-state index is -0.720. The van der Waals surface area contributed by atoms with Gasteiger partial charge in [-0.3, -0.25) is 9.69 Å². The number of rotatable bonds is 5. The maximum atomic E-state index is 10.8. The van der Waals surface area contributed by atoms with Crippen molar-refractivity contribution in [1.29, 1.82) is 0 Å². The third-order valence-corrected chi connectivity index (χ3v) is 3.50. The van der Waals surface area contributed by atoms with Crippen molar-refractivity contribution in [2.75, 3.05) is 6.54 Å². The molecule has 98 valence electrons. The van der Waals surface area contributed by atoms with Crippen molar-refractivity contribution in [3.63, 3.8) is 0 Å². The lowest BCUT2D eigenvalue weighted by atomic mass is 10.1. The Morgan fingerprint density at radius 2 is 1.94 bits per heavy atom. The van der Waals surface area contributed by atoms with E-state index in [0.29, 0.717) is 0 Å². The molecule has 1 heterocycles. The third-order valence-electron chi connectivity index (χ3n) is 3.50. The van der Waals surface area contributed by atoms with Crippen LogP contribution >= 0.6 is 0 Å². The first-order valence-corrected chi connectivity index (χ1v) is 6.33. The van der Waals surface area contributed by atoms with E-state index in [0.717, 1.165) is 31.5 Å². The van der Waals surface area contributed by atoms with Gasteiger partial charge in [-0.2, -0.15) is 0 Å². The Bertz CT molecular complexity index is 402. The molecule has 4 heteroatoms. The summed E-state index contributed by atoms with van der Waals surface area (Å²) in [6.45, 7) is 1.83. The van der Waals surface area contributed by atoms with Crippen LogP contribution in [-0.4, -0.2) is 33.7 Å². The zero-order valence-corrected chi connectivity index (χ0v) is 10.4. The van der Waals surface area contributed by atoms with Crippen molar-refractivity contribution in [3.8, 4) is 0 Å². The molecule has 0 aromatic heterocycles. The van der Waals surface area contributed by atoms with E-state index in [2.05, 4.69) is 4.90 Å². The van der Waals surface area contributed by atoms with Crippen molar-refractivity contribution >= 4 is 5.97 Å². The molecule has 0 radical (unpaired) electrons. The van der Waals surface area contributed by atoms with E-state index < -0.39 is 5.97 Å². The summed E-state index contributed by atoms with van der Waals surface area (Å²) in [5.41, 5.74) is 2.08. The highest BCUT2D eigenvalue weighted by atomic mass is 16.4. The van der Waals surface area contributed by atoms with Gasteiger partial charge in [-0.05, 0) is 30.5 Å². The second kappa shape index (κ2) is 5.98. The molecule has 1 saturated heterocycles. The van der Waals surface area contributed by atoms with Gasteiger partial charge in [0.2, 0.25) is 0 Å². The van der Waals surface area contributed by atoms with E-state index in [1.54, 1.807) is 0 Å². The van der Waals surface area contributed by atoms with Crippen LogP contribution in [-0.2, 0) is 17.9 Å². The lowest BCUT2D eigenvalue weighted by Crippen LogP contribution is -2.30.